The van der Waals surface area contributed by atoms with Gasteiger partial charge in [0.05, 0.1) is 5.02 Å². The fraction of sp³-hybridized carbons (Fsp3) is 0. The molecule has 1 nitrogen and oxygen atoms in total. The minimum absolute atomic E-state index is 0.0623. The maximum Gasteiger partial charge on any atom is 0.194 e. The van der Waals surface area contributed by atoms with Gasteiger partial charge in [-0.1, -0.05) is 17.7 Å². The first-order valence-electron chi connectivity index (χ1n) is 4.84. The fourth-order valence-electron chi connectivity index (χ4n) is 1.44. The monoisotopic (exact) mass is 420 g/mol. The van der Waals surface area contributed by atoms with E-state index in [2.05, 4.69) is 38.5 Å². The number of rotatable bonds is 2. The second kappa shape index (κ2) is 5.50. The van der Waals surface area contributed by atoms with Gasteiger partial charge in [0, 0.05) is 19.2 Å². The number of carbonyl (C=O) groups is 1. The van der Waals surface area contributed by atoms with Gasteiger partial charge in [0.25, 0.3) is 0 Å². The molecule has 4 heteroatoms. The summed E-state index contributed by atoms with van der Waals surface area (Å²) in [5.41, 5.74) is 1.16. The highest BCUT2D eigenvalue weighted by atomic mass is 127. The normalized spacial score (nSPS) is 10.3. The minimum Gasteiger partial charge on any atom is -0.289 e. The maximum atomic E-state index is 12.2. The lowest BCUT2D eigenvalue weighted by Crippen LogP contribution is -2.02. The fourth-order valence-corrected chi connectivity index (χ4v) is 2.37. The van der Waals surface area contributed by atoms with Crippen LogP contribution in [0.3, 0.4) is 0 Å². The predicted octanol–water partition coefficient (Wildman–Crippen LogP) is 4.94. The lowest BCUT2D eigenvalue weighted by molar-refractivity contribution is 0.103. The lowest BCUT2D eigenvalue weighted by Gasteiger charge is -2.05. The van der Waals surface area contributed by atoms with E-state index in [0.29, 0.717) is 16.1 Å². The van der Waals surface area contributed by atoms with E-state index in [-0.39, 0.29) is 5.78 Å². The van der Waals surface area contributed by atoms with Gasteiger partial charge in [0.2, 0.25) is 0 Å². The Morgan fingerprint density at radius 2 is 1.76 bits per heavy atom. The molecular formula is C13H7BrClIO. The van der Waals surface area contributed by atoms with Crippen LogP contribution in [0.15, 0.2) is 46.9 Å². The van der Waals surface area contributed by atoms with Crippen molar-refractivity contribution in [2.24, 2.45) is 0 Å². The Kier molecular flexibility index (Phi) is 4.22. The molecule has 0 aromatic heterocycles. The van der Waals surface area contributed by atoms with Crippen LogP contribution >= 0.6 is 50.1 Å². The van der Waals surface area contributed by atoms with Crippen molar-refractivity contribution in [1.82, 2.24) is 0 Å². The molecule has 0 amide bonds. The van der Waals surface area contributed by atoms with E-state index in [1.807, 2.05) is 18.2 Å². The summed E-state index contributed by atoms with van der Waals surface area (Å²) >= 11 is 11.6. The van der Waals surface area contributed by atoms with E-state index in [0.717, 1.165) is 8.04 Å². The third-order valence-electron chi connectivity index (χ3n) is 2.30. The molecule has 0 atom stereocenters. The number of halogens is 3. The Balaban J connectivity index is 2.44. The number of benzene rings is 2. The van der Waals surface area contributed by atoms with Crippen LogP contribution < -0.4 is 0 Å². The summed E-state index contributed by atoms with van der Waals surface area (Å²) < 4.78 is 1.83. The molecule has 86 valence electrons. The first kappa shape index (κ1) is 13.1. The summed E-state index contributed by atoms with van der Waals surface area (Å²) in [7, 11) is 0. The molecule has 0 saturated heterocycles. The van der Waals surface area contributed by atoms with Crippen molar-refractivity contribution in [2.45, 2.75) is 0 Å². The standard InChI is InChI=1S/C13H7BrClIO/c14-11-3-1-2-10(12(11)15)13(17)8-4-6-9(16)7-5-8/h1-7H. The Bertz CT molecular complexity index is 566. The van der Waals surface area contributed by atoms with Crippen molar-refractivity contribution >= 4 is 55.9 Å². The molecule has 0 spiro atoms. The molecule has 2 aromatic rings. The smallest absolute Gasteiger partial charge is 0.194 e. The van der Waals surface area contributed by atoms with Gasteiger partial charge in [-0.05, 0) is 74.9 Å². The lowest BCUT2D eigenvalue weighted by atomic mass is 10.0. The molecular weight excluding hydrogens is 414 g/mol. The second-order valence-corrected chi connectivity index (χ2v) is 5.92. The highest BCUT2D eigenvalue weighted by molar-refractivity contribution is 14.1. The van der Waals surface area contributed by atoms with E-state index in [9.17, 15) is 4.79 Å². The molecule has 0 fully saturated rings. The zero-order chi connectivity index (χ0) is 12.4. The molecule has 2 aromatic carbocycles. The molecule has 0 saturated carbocycles. The van der Waals surface area contributed by atoms with Gasteiger partial charge < -0.3 is 0 Å². The molecule has 0 bridgehead atoms. The molecule has 0 heterocycles. The third kappa shape index (κ3) is 2.89. The second-order valence-electron chi connectivity index (χ2n) is 3.44. The van der Waals surface area contributed by atoms with E-state index in [4.69, 9.17) is 11.6 Å². The average Bonchev–Trinajstić information content (AvgIpc) is 2.33. The topological polar surface area (TPSA) is 17.1 Å². The Labute approximate surface area is 126 Å². The van der Waals surface area contributed by atoms with Crippen molar-refractivity contribution in [3.63, 3.8) is 0 Å². The van der Waals surface area contributed by atoms with E-state index < -0.39 is 0 Å². The SMILES string of the molecule is O=C(c1ccc(I)cc1)c1cccc(Br)c1Cl. The predicted molar refractivity (Wildman–Crippen MR) is 81.7 cm³/mol. The average molecular weight is 421 g/mol. The number of hydrogen-bond acceptors (Lipinski definition) is 1. The summed E-state index contributed by atoms with van der Waals surface area (Å²) in [5, 5.41) is 0.455. The van der Waals surface area contributed by atoms with Gasteiger partial charge in [0.1, 0.15) is 0 Å². The Morgan fingerprint density at radius 1 is 1.12 bits per heavy atom. The maximum absolute atomic E-state index is 12.2. The van der Waals surface area contributed by atoms with Crippen molar-refractivity contribution in [1.29, 1.82) is 0 Å². The summed E-state index contributed by atoms with van der Waals surface area (Å²) in [5.74, 6) is -0.0623. The summed E-state index contributed by atoms with van der Waals surface area (Å²) in [6, 6.07) is 12.8. The third-order valence-corrected chi connectivity index (χ3v) is 4.32. The largest absolute Gasteiger partial charge is 0.289 e. The highest BCUT2D eigenvalue weighted by Crippen LogP contribution is 2.27. The summed E-state index contributed by atoms with van der Waals surface area (Å²) in [4.78, 5) is 12.2. The van der Waals surface area contributed by atoms with Crippen LogP contribution in [0.25, 0.3) is 0 Å². The first-order chi connectivity index (χ1) is 8.09. The van der Waals surface area contributed by atoms with Gasteiger partial charge in [-0.2, -0.15) is 0 Å². The summed E-state index contributed by atoms with van der Waals surface area (Å²) in [6.07, 6.45) is 0. The van der Waals surface area contributed by atoms with Crippen LogP contribution in [0.2, 0.25) is 5.02 Å². The number of carbonyl (C=O) groups excluding carboxylic acids is 1. The van der Waals surface area contributed by atoms with E-state index in [1.165, 1.54) is 0 Å². The van der Waals surface area contributed by atoms with Crippen LogP contribution in [0, 0.1) is 3.57 Å². The van der Waals surface area contributed by atoms with Gasteiger partial charge in [0.15, 0.2) is 5.78 Å². The van der Waals surface area contributed by atoms with E-state index >= 15 is 0 Å². The van der Waals surface area contributed by atoms with Crippen LogP contribution in [0.5, 0.6) is 0 Å². The van der Waals surface area contributed by atoms with Crippen molar-refractivity contribution in [3.05, 3.63) is 66.7 Å². The van der Waals surface area contributed by atoms with Crippen molar-refractivity contribution in [3.8, 4) is 0 Å². The molecule has 0 aliphatic heterocycles. The Hall–Kier alpha value is -0.390. The Morgan fingerprint density at radius 3 is 2.41 bits per heavy atom. The number of hydrogen-bond donors (Lipinski definition) is 0. The minimum atomic E-state index is -0.0623. The zero-order valence-electron chi connectivity index (χ0n) is 8.58. The zero-order valence-corrected chi connectivity index (χ0v) is 13.1. The van der Waals surface area contributed by atoms with Gasteiger partial charge in [-0.25, -0.2) is 0 Å². The highest BCUT2D eigenvalue weighted by Gasteiger charge is 2.14. The van der Waals surface area contributed by atoms with Gasteiger partial charge in [-0.15, -0.1) is 0 Å². The first-order valence-corrected chi connectivity index (χ1v) is 7.09. The number of ketones is 1. The van der Waals surface area contributed by atoms with Crippen LogP contribution in [-0.4, -0.2) is 5.78 Å². The van der Waals surface area contributed by atoms with Crippen LogP contribution in [0.4, 0.5) is 0 Å². The molecule has 0 aliphatic rings. The molecule has 0 radical (unpaired) electrons. The van der Waals surface area contributed by atoms with Gasteiger partial charge in [-0.3, -0.25) is 4.79 Å². The molecule has 0 N–H and O–H groups in total. The summed E-state index contributed by atoms with van der Waals surface area (Å²) in [6.45, 7) is 0. The molecule has 0 unspecified atom stereocenters. The van der Waals surface area contributed by atoms with Crippen LogP contribution in [-0.2, 0) is 0 Å². The molecule has 17 heavy (non-hydrogen) atoms. The van der Waals surface area contributed by atoms with Crippen molar-refractivity contribution in [2.75, 3.05) is 0 Å². The molecule has 2 rings (SSSR count). The van der Waals surface area contributed by atoms with Gasteiger partial charge >= 0.3 is 0 Å². The molecule has 0 aliphatic carbocycles. The van der Waals surface area contributed by atoms with Crippen molar-refractivity contribution < 1.29 is 4.79 Å². The van der Waals surface area contributed by atoms with E-state index in [1.54, 1.807) is 24.3 Å². The van der Waals surface area contributed by atoms with Crippen LogP contribution in [0.1, 0.15) is 15.9 Å². The quantitative estimate of drug-likeness (QED) is 0.496.